The fourth-order valence-corrected chi connectivity index (χ4v) is 1.96. The Kier molecular flexibility index (Phi) is 5.59. The third kappa shape index (κ3) is 4.92. The van der Waals surface area contributed by atoms with Crippen LogP contribution in [0.2, 0.25) is 0 Å². The lowest BCUT2D eigenvalue weighted by molar-refractivity contribution is -0.149. The van der Waals surface area contributed by atoms with Gasteiger partial charge in [0, 0.05) is 4.47 Å². The Bertz CT molecular complexity index is 630. The number of hydrogen-bond donors (Lipinski definition) is 1. The Morgan fingerprint density at radius 3 is 2.73 bits per heavy atom. The highest BCUT2D eigenvalue weighted by atomic mass is 79.9. The molecule has 0 fully saturated rings. The van der Waals surface area contributed by atoms with E-state index in [2.05, 4.69) is 36.8 Å². The van der Waals surface area contributed by atoms with Crippen molar-refractivity contribution in [2.75, 3.05) is 6.61 Å². The van der Waals surface area contributed by atoms with Crippen LogP contribution in [0, 0.1) is 0 Å². The molecule has 2 rings (SSSR count). The summed E-state index contributed by atoms with van der Waals surface area (Å²) in [6, 6.07) is 7.41. The van der Waals surface area contributed by atoms with E-state index in [1.54, 1.807) is 0 Å². The molecule has 1 aromatic carbocycles. The van der Waals surface area contributed by atoms with Crippen LogP contribution in [-0.2, 0) is 20.9 Å². The molecule has 8 nitrogen and oxygen atoms in total. The minimum Gasteiger partial charge on any atom is -0.454 e. The summed E-state index contributed by atoms with van der Waals surface area (Å²) in [7, 11) is 0. The van der Waals surface area contributed by atoms with Gasteiger partial charge in [0.2, 0.25) is 0 Å². The first-order chi connectivity index (χ1) is 10.5. The molecular formula is C13H14BrN5O3. The van der Waals surface area contributed by atoms with Gasteiger partial charge in [0.15, 0.2) is 6.61 Å². The summed E-state index contributed by atoms with van der Waals surface area (Å²) in [6.07, 6.45) is 1.29. The summed E-state index contributed by atoms with van der Waals surface area (Å²) in [4.78, 5) is 23.2. The molecule has 1 heterocycles. The van der Waals surface area contributed by atoms with Crippen molar-refractivity contribution in [3.63, 3.8) is 0 Å². The Morgan fingerprint density at radius 1 is 1.36 bits per heavy atom. The van der Waals surface area contributed by atoms with Crippen LogP contribution in [0.3, 0.4) is 0 Å². The average Bonchev–Trinajstić information content (AvgIpc) is 2.98. The molecule has 22 heavy (non-hydrogen) atoms. The zero-order valence-electron chi connectivity index (χ0n) is 11.8. The van der Waals surface area contributed by atoms with Crippen LogP contribution in [-0.4, -0.2) is 38.7 Å². The van der Waals surface area contributed by atoms with E-state index in [0.29, 0.717) is 0 Å². The minimum absolute atomic E-state index is 0.136. The van der Waals surface area contributed by atoms with Gasteiger partial charge in [0.1, 0.15) is 12.9 Å². The Hall–Kier alpha value is -2.29. The summed E-state index contributed by atoms with van der Waals surface area (Å²) in [5.41, 5.74) is 0.955. The van der Waals surface area contributed by atoms with Gasteiger partial charge in [-0.05, 0) is 35.0 Å². The number of halogens is 1. The van der Waals surface area contributed by atoms with E-state index < -0.39 is 5.97 Å². The zero-order chi connectivity index (χ0) is 15.9. The summed E-state index contributed by atoms with van der Waals surface area (Å²) >= 11 is 3.35. The molecule has 1 aromatic heterocycles. The second-order valence-electron chi connectivity index (χ2n) is 4.51. The summed E-state index contributed by atoms with van der Waals surface area (Å²) in [5.74, 6) is -0.959. The van der Waals surface area contributed by atoms with E-state index in [9.17, 15) is 9.59 Å². The molecule has 9 heteroatoms. The minimum atomic E-state index is -0.584. The lowest BCUT2D eigenvalue weighted by Gasteiger charge is -2.14. The van der Waals surface area contributed by atoms with E-state index in [1.165, 1.54) is 11.0 Å². The normalized spacial score (nSPS) is 11.7. The maximum atomic E-state index is 11.8. The molecule has 2 aromatic rings. The standard InChI is InChI=1S/C13H14BrN5O3/c1-9(10-2-4-11(14)5-3-10)16-12(20)7-22-13(21)6-19-8-15-17-18-19/h2-5,8-9H,6-7H2,1H3,(H,16,20)/t9-/m0/s1. The number of nitrogens with one attached hydrogen (secondary N) is 1. The summed E-state index contributed by atoms with van der Waals surface area (Å²) < 4.78 is 7.04. The van der Waals surface area contributed by atoms with E-state index >= 15 is 0 Å². The molecular weight excluding hydrogens is 354 g/mol. The molecule has 0 bridgehead atoms. The highest BCUT2D eigenvalue weighted by molar-refractivity contribution is 9.10. The highest BCUT2D eigenvalue weighted by Crippen LogP contribution is 2.16. The summed E-state index contributed by atoms with van der Waals surface area (Å²) in [5, 5.41) is 13.1. The predicted molar refractivity (Wildman–Crippen MR) is 79.5 cm³/mol. The van der Waals surface area contributed by atoms with E-state index in [0.717, 1.165) is 10.0 Å². The number of benzene rings is 1. The Morgan fingerprint density at radius 2 is 2.09 bits per heavy atom. The molecule has 0 aliphatic heterocycles. The number of ether oxygens (including phenoxy) is 1. The van der Waals surface area contributed by atoms with E-state index in [4.69, 9.17) is 4.74 Å². The first-order valence-corrected chi connectivity index (χ1v) is 7.25. The molecule has 0 aliphatic rings. The maximum absolute atomic E-state index is 11.8. The number of tetrazole rings is 1. The van der Waals surface area contributed by atoms with Crippen LogP contribution in [0.25, 0.3) is 0 Å². The number of rotatable bonds is 6. The SMILES string of the molecule is C[C@H](NC(=O)COC(=O)Cn1cnnn1)c1ccc(Br)cc1. The van der Waals surface area contributed by atoms with Gasteiger partial charge in [0.25, 0.3) is 5.91 Å². The first-order valence-electron chi connectivity index (χ1n) is 6.46. The molecule has 0 saturated heterocycles. The van der Waals surface area contributed by atoms with Gasteiger partial charge in [-0.1, -0.05) is 28.1 Å². The fourth-order valence-electron chi connectivity index (χ4n) is 1.69. The summed E-state index contributed by atoms with van der Waals surface area (Å²) in [6.45, 7) is 1.37. The molecule has 1 atom stereocenters. The lowest BCUT2D eigenvalue weighted by Crippen LogP contribution is -2.31. The van der Waals surface area contributed by atoms with Crippen molar-refractivity contribution >= 4 is 27.8 Å². The van der Waals surface area contributed by atoms with Crippen molar-refractivity contribution in [3.8, 4) is 0 Å². The number of aromatic nitrogens is 4. The van der Waals surface area contributed by atoms with Crippen molar-refractivity contribution < 1.29 is 14.3 Å². The molecule has 0 spiro atoms. The molecule has 0 unspecified atom stereocenters. The number of carbonyl (C=O) groups is 2. The molecule has 0 saturated carbocycles. The van der Waals surface area contributed by atoms with Crippen molar-refractivity contribution in [1.82, 2.24) is 25.5 Å². The van der Waals surface area contributed by atoms with Crippen LogP contribution in [0.5, 0.6) is 0 Å². The van der Waals surface area contributed by atoms with Gasteiger partial charge >= 0.3 is 5.97 Å². The van der Waals surface area contributed by atoms with Gasteiger partial charge in [-0.15, -0.1) is 5.10 Å². The van der Waals surface area contributed by atoms with Crippen molar-refractivity contribution in [2.24, 2.45) is 0 Å². The van der Waals surface area contributed by atoms with Crippen LogP contribution >= 0.6 is 15.9 Å². The van der Waals surface area contributed by atoms with Gasteiger partial charge < -0.3 is 10.1 Å². The lowest BCUT2D eigenvalue weighted by atomic mass is 10.1. The second kappa shape index (κ2) is 7.64. The average molecular weight is 368 g/mol. The first kappa shape index (κ1) is 16.1. The smallest absolute Gasteiger partial charge is 0.328 e. The van der Waals surface area contributed by atoms with Crippen molar-refractivity contribution in [3.05, 3.63) is 40.6 Å². The molecule has 0 radical (unpaired) electrons. The molecule has 116 valence electrons. The van der Waals surface area contributed by atoms with Crippen LogP contribution < -0.4 is 5.32 Å². The quantitative estimate of drug-likeness (QED) is 0.760. The van der Waals surface area contributed by atoms with Crippen LogP contribution in [0.4, 0.5) is 0 Å². The fraction of sp³-hybridized carbons (Fsp3) is 0.308. The van der Waals surface area contributed by atoms with Crippen molar-refractivity contribution in [1.29, 1.82) is 0 Å². The highest BCUT2D eigenvalue weighted by Gasteiger charge is 2.12. The molecule has 0 aliphatic carbocycles. The number of esters is 1. The predicted octanol–water partition coefficient (Wildman–Crippen LogP) is 0.856. The van der Waals surface area contributed by atoms with Gasteiger partial charge in [-0.2, -0.15) is 0 Å². The largest absolute Gasteiger partial charge is 0.454 e. The Balaban J connectivity index is 1.75. The van der Waals surface area contributed by atoms with Gasteiger partial charge in [-0.25, -0.2) is 4.68 Å². The third-order valence-electron chi connectivity index (χ3n) is 2.79. The number of amides is 1. The van der Waals surface area contributed by atoms with Gasteiger partial charge in [0.05, 0.1) is 6.04 Å². The number of nitrogens with zero attached hydrogens (tertiary/aromatic N) is 4. The Labute approximate surface area is 135 Å². The van der Waals surface area contributed by atoms with Crippen LogP contribution in [0.15, 0.2) is 35.1 Å². The molecule has 1 N–H and O–H groups in total. The number of carbonyl (C=O) groups excluding carboxylic acids is 2. The molecule has 1 amide bonds. The van der Waals surface area contributed by atoms with E-state index in [1.807, 2.05) is 31.2 Å². The maximum Gasteiger partial charge on any atom is 0.328 e. The van der Waals surface area contributed by atoms with Crippen molar-refractivity contribution in [2.45, 2.75) is 19.5 Å². The number of hydrogen-bond acceptors (Lipinski definition) is 6. The third-order valence-corrected chi connectivity index (χ3v) is 3.32. The van der Waals surface area contributed by atoms with E-state index in [-0.39, 0.29) is 25.1 Å². The second-order valence-corrected chi connectivity index (χ2v) is 5.42. The monoisotopic (exact) mass is 367 g/mol. The van der Waals surface area contributed by atoms with Crippen LogP contribution in [0.1, 0.15) is 18.5 Å². The van der Waals surface area contributed by atoms with Gasteiger partial charge in [-0.3, -0.25) is 9.59 Å². The zero-order valence-corrected chi connectivity index (χ0v) is 13.4. The topological polar surface area (TPSA) is 99.0 Å².